The van der Waals surface area contributed by atoms with E-state index in [0.29, 0.717) is 6.42 Å². The molecule has 7 N–H and O–H groups in total. The lowest BCUT2D eigenvalue weighted by atomic mass is 9.96. The maximum atomic E-state index is 11.6. The van der Waals surface area contributed by atoms with Crippen LogP contribution in [-0.2, 0) is 9.09 Å². The van der Waals surface area contributed by atoms with Gasteiger partial charge in [0.15, 0.2) is 0 Å². The molecule has 206 valence electrons. The van der Waals surface area contributed by atoms with Crippen LogP contribution in [0.1, 0.15) is 116 Å². The van der Waals surface area contributed by atoms with Gasteiger partial charge in [0.2, 0.25) is 1.43 Å². The molecule has 0 aliphatic carbocycles. The molecule has 0 aliphatic heterocycles. The third-order valence-corrected chi connectivity index (χ3v) is 6.77. The van der Waals surface area contributed by atoms with Crippen molar-refractivity contribution < 1.29 is 44.4 Å². The van der Waals surface area contributed by atoms with Crippen molar-refractivity contribution in [3.8, 4) is 0 Å². The van der Waals surface area contributed by atoms with Crippen molar-refractivity contribution in [3.05, 3.63) is 0 Å². The molecule has 0 radical (unpaired) electrons. The first-order chi connectivity index (χ1) is 16.7. The van der Waals surface area contributed by atoms with Gasteiger partial charge in [0.1, 0.15) is 24.4 Å². The Kier molecular flexibility index (Phi) is 19.8. The molecule has 0 aliphatic rings. The standard InChI is InChI=1S/C24H51O9P/c1-2-3-4-5-6-7-8-9-10-11-12-13-14-15-16-17-18-20(26)24(33-34(30,31)32)23(29)22(28)21(27)19-25/h20-29H,2-19H2,1H3,(H2,30,31,32)/t20?,21-,22-,23+,24-/m1/s1/i/hD. The Hall–Kier alpha value is -0.0900. The van der Waals surface area contributed by atoms with Crippen molar-refractivity contribution in [3.63, 3.8) is 0 Å². The van der Waals surface area contributed by atoms with Crippen LogP contribution in [0.5, 0.6) is 0 Å². The number of unbranched alkanes of at least 4 members (excludes halogenated alkanes) is 15. The van der Waals surface area contributed by atoms with E-state index in [1.165, 1.54) is 70.6 Å². The summed E-state index contributed by atoms with van der Waals surface area (Å²) in [7, 11) is -4.90. The number of hydrogen-bond donors (Lipinski definition) is 7. The predicted molar refractivity (Wildman–Crippen MR) is 132 cm³/mol. The van der Waals surface area contributed by atoms with Gasteiger partial charge in [-0.3, -0.25) is 4.52 Å². The Balaban J connectivity index is 4.02. The number of phosphoric acid groups is 1. The topological polar surface area (TPSA) is 168 Å². The van der Waals surface area contributed by atoms with Crippen molar-refractivity contribution in [1.82, 2.24) is 0 Å². The fourth-order valence-electron chi connectivity index (χ4n) is 4.11. The van der Waals surface area contributed by atoms with Gasteiger partial charge in [-0.2, -0.15) is 0 Å². The van der Waals surface area contributed by atoms with Gasteiger partial charge in [-0.1, -0.05) is 110 Å². The van der Waals surface area contributed by atoms with E-state index in [9.17, 15) is 29.9 Å². The number of aliphatic hydroxyl groups excluding tert-OH is 5. The molecule has 0 rings (SSSR count). The predicted octanol–water partition coefficient (Wildman–Crippen LogP) is 3.55. The zero-order valence-electron chi connectivity index (χ0n) is 22.0. The van der Waals surface area contributed by atoms with Crippen LogP contribution < -0.4 is 0 Å². The molecule has 6 atom stereocenters. The molecule has 0 saturated heterocycles. The summed E-state index contributed by atoms with van der Waals surface area (Å²) in [4.78, 5) is 13.0. The number of hydrogen-bond acceptors (Lipinski definition) is 8. The summed E-state index contributed by atoms with van der Waals surface area (Å²) >= 11 is 0. The Labute approximate surface area is 207 Å². The fraction of sp³-hybridized carbons (Fsp3) is 1.00. The fourth-order valence-corrected chi connectivity index (χ4v) is 4.68. The number of phosphoric ester groups is 1. The molecule has 0 aromatic carbocycles. The monoisotopic (exact) mass is 515 g/mol. The van der Waals surface area contributed by atoms with Gasteiger partial charge in [-0.15, -0.1) is 0 Å². The van der Waals surface area contributed by atoms with Crippen LogP contribution in [0.2, 0.25) is 0 Å². The van der Waals surface area contributed by atoms with E-state index in [1.807, 2.05) is 0 Å². The van der Waals surface area contributed by atoms with Gasteiger partial charge >= 0.3 is 7.82 Å². The zero-order valence-corrected chi connectivity index (χ0v) is 21.9. The Morgan fingerprint density at radius 3 is 1.50 bits per heavy atom. The zero-order chi connectivity index (χ0) is 26.5. The molecular formula is C24H51O9P. The lowest BCUT2D eigenvalue weighted by Crippen LogP contribution is -2.50. The SMILES string of the molecule is [2H]OP(=O)(O)O[C@H](C(O)CCCCCCCCCCCCCCCCCC)[C@@H](O)[C@H](O)[C@H](O)CO. The minimum atomic E-state index is -4.90. The first kappa shape index (κ1) is 31.9. The van der Waals surface area contributed by atoms with Gasteiger partial charge < -0.3 is 35.3 Å². The van der Waals surface area contributed by atoms with Crippen molar-refractivity contribution in [2.45, 2.75) is 147 Å². The van der Waals surface area contributed by atoms with Crippen LogP contribution in [0, 0.1) is 0 Å². The molecular weight excluding hydrogens is 463 g/mol. The summed E-state index contributed by atoms with van der Waals surface area (Å²) < 4.78 is 22.8. The van der Waals surface area contributed by atoms with Crippen LogP contribution in [-0.4, -0.2) is 73.9 Å². The smallest absolute Gasteiger partial charge is 0.394 e. The maximum absolute atomic E-state index is 11.6. The number of aliphatic hydroxyl groups is 5. The molecule has 0 amide bonds. The second kappa shape index (κ2) is 21.0. The van der Waals surface area contributed by atoms with Crippen molar-refractivity contribution in [2.75, 3.05) is 6.61 Å². The van der Waals surface area contributed by atoms with Crippen LogP contribution in [0.25, 0.3) is 0 Å². The summed E-state index contributed by atoms with van der Waals surface area (Å²) in [6.45, 7) is 1.37. The van der Waals surface area contributed by atoms with Crippen molar-refractivity contribution in [1.29, 1.82) is 1.43 Å². The largest absolute Gasteiger partial charge is 0.470 e. The third-order valence-electron chi connectivity index (χ3n) is 6.26. The highest BCUT2D eigenvalue weighted by Crippen LogP contribution is 2.40. The molecule has 0 saturated carbocycles. The van der Waals surface area contributed by atoms with E-state index in [1.54, 1.807) is 0 Å². The molecule has 2 unspecified atom stereocenters. The van der Waals surface area contributed by atoms with E-state index < -0.39 is 44.9 Å². The summed E-state index contributed by atoms with van der Waals surface area (Å²) in [6.07, 6.45) is 10.3. The van der Waals surface area contributed by atoms with E-state index in [2.05, 4.69) is 16.3 Å². The highest BCUT2D eigenvalue weighted by atomic mass is 31.2. The van der Waals surface area contributed by atoms with Crippen LogP contribution >= 0.6 is 7.82 Å². The Bertz CT molecular complexity index is 529. The summed E-state index contributed by atoms with van der Waals surface area (Å²) in [6, 6.07) is 0. The Morgan fingerprint density at radius 1 is 0.706 bits per heavy atom. The Morgan fingerprint density at radius 2 is 1.12 bits per heavy atom. The van der Waals surface area contributed by atoms with Crippen LogP contribution in [0.3, 0.4) is 0 Å². The average molecular weight is 516 g/mol. The molecule has 0 aromatic heterocycles. The van der Waals surface area contributed by atoms with E-state index >= 15 is 0 Å². The highest BCUT2D eigenvalue weighted by Gasteiger charge is 2.39. The van der Waals surface area contributed by atoms with E-state index in [4.69, 9.17) is 6.54 Å². The van der Waals surface area contributed by atoms with Crippen LogP contribution in [0.4, 0.5) is 0 Å². The summed E-state index contributed by atoms with van der Waals surface area (Å²) in [5, 5.41) is 48.9. The van der Waals surface area contributed by atoms with Crippen LogP contribution in [0.15, 0.2) is 0 Å². The van der Waals surface area contributed by atoms with Gasteiger partial charge in [0.05, 0.1) is 12.7 Å². The van der Waals surface area contributed by atoms with Gasteiger partial charge in [0, 0.05) is 0 Å². The molecule has 0 fully saturated rings. The molecule has 9 nitrogen and oxygen atoms in total. The van der Waals surface area contributed by atoms with E-state index in [-0.39, 0.29) is 6.42 Å². The minimum Gasteiger partial charge on any atom is -0.394 e. The van der Waals surface area contributed by atoms with Gasteiger partial charge in [-0.25, -0.2) is 4.57 Å². The first-order valence-corrected chi connectivity index (χ1v) is 14.7. The van der Waals surface area contributed by atoms with Crippen molar-refractivity contribution >= 4 is 7.82 Å². The normalized spacial score (nSPS) is 18.6. The lowest BCUT2D eigenvalue weighted by molar-refractivity contribution is -0.137. The second-order valence-electron chi connectivity index (χ2n) is 9.43. The van der Waals surface area contributed by atoms with Gasteiger partial charge in [0.25, 0.3) is 0 Å². The van der Waals surface area contributed by atoms with E-state index in [0.717, 1.165) is 25.7 Å². The lowest BCUT2D eigenvalue weighted by Gasteiger charge is -2.31. The molecule has 0 bridgehead atoms. The molecule has 0 heterocycles. The quantitative estimate of drug-likeness (QED) is 0.0710. The van der Waals surface area contributed by atoms with Gasteiger partial charge in [-0.05, 0) is 6.42 Å². The second-order valence-corrected chi connectivity index (χ2v) is 10.6. The third kappa shape index (κ3) is 18.2. The number of rotatable bonds is 25. The highest BCUT2D eigenvalue weighted by molar-refractivity contribution is 7.46. The minimum absolute atomic E-state index is 0.111. The molecule has 0 aromatic rings. The average Bonchev–Trinajstić information content (AvgIpc) is 2.85. The molecule has 10 heteroatoms. The molecule has 34 heavy (non-hydrogen) atoms. The molecule has 0 spiro atoms. The van der Waals surface area contributed by atoms with Crippen molar-refractivity contribution in [2.24, 2.45) is 0 Å². The summed E-state index contributed by atoms with van der Waals surface area (Å²) in [5.41, 5.74) is 0. The summed E-state index contributed by atoms with van der Waals surface area (Å²) in [5.74, 6) is 0. The maximum Gasteiger partial charge on any atom is 0.470 e. The first-order valence-electron chi connectivity index (χ1n) is 13.6.